The molecule has 1 aromatic carbocycles. The summed E-state index contributed by atoms with van der Waals surface area (Å²) in [5.41, 5.74) is 1.13. The summed E-state index contributed by atoms with van der Waals surface area (Å²) >= 11 is 0. The Balaban J connectivity index is 2.08. The van der Waals surface area contributed by atoms with Crippen LogP contribution in [0, 0.1) is 0 Å². The van der Waals surface area contributed by atoms with E-state index in [0.29, 0.717) is 0 Å². The van der Waals surface area contributed by atoms with Gasteiger partial charge in [0.05, 0.1) is 11.2 Å². The van der Waals surface area contributed by atoms with Crippen LogP contribution < -0.4 is 5.69 Å². The first-order valence-corrected chi connectivity index (χ1v) is 6.21. The summed E-state index contributed by atoms with van der Waals surface area (Å²) in [6.07, 6.45) is 7.71. The number of aromatic nitrogens is 2. The van der Waals surface area contributed by atoms with E-state index < -0.39 is 5.54 Å². The molecule has 5 heteroatoms. The number of benzene rings is 1. The fraction of sp³-hybridized carbons (Fsp3) is 0.286. The van der Waals surface area contributed by atoms with Crippen LogP contribution in [-0.2, 0) is 10.3 Å². The van der Waals surface area contributed by atoms with Crippen LogP contribution in [-0.4, -0.2) is 15.6 Å². The van der Waals surface area contributed by atoms with E-state index in [1.165, 1.54) is 4.57 Å². The maximum atomic E-state index is 11.6. The van der Waals surface area contributed by atoms with Crippen molar-refractivity contribution < 1.29 is 4.79 Å². The summed E-state index contributed by atoms with van der Waals surface area (Å²) in [6.45, 7) is 0. The van der Waals surface area contributed by atoms with Crippen molar-refractivity contribution in [1.82, 2.24) is 9.55 Å². The maximum Gasteiger partial charge on any atom is 0.330 e. The zero-order valence-corrected chi connectivity index (χ0v) is 10.3. The number of rotatable bonds is 3. The number of nitrogens with one attached hydrogen (secondary N) is 1. The second kappa shape index (κ2) is 4.37. The minimum Gasteiger partial charge on any atom is -0.312 e. The summed E-state index contributed by atoms with van der Waals surface area (Å²) in [4.78, 5) is 28.8. The van der Waals surface area contributed by atoms with Gasteiger partial charge in [0.25, 0.3) is 0 Å². The van der Waals surface area contributed by atoms with Gasteiger partial charge in [-0.1, -0.05) is 12.1 Å². The van der Waals surface area contributed by atoms with Gasteiger partial charge in [0.15, 0.2) is 0 Å². The molecule has 0 saturated heterocycles. The third kappa shape index (κ3) is 1.84. The summed E-state index contributed by atoms with van der Waals surface area (Å²) < 4.78 is 1.53. The monoisotopic (exact) mass is 255 g/mol. The van der Waals surface area contributed by atoms with E-state index in [4.69, 9.17) is 0 Å². The quantitative estimate of drug-likeness (QED) is 0.672. The Hall–Kier alpha value is -2.39. The van der Waals surface area contributed by atoms with Gasteiger partial charge >= 0.3 is 5.69 Å². The predicted octanol–water partition coefficient (Wildman–Crippen LogP) is 1.88. The smallest absolute Gasteiger partial charge is 0.312 e. The number of H-pyrrole nitrogens is 1. The lowest BCUT2D eigenvalue weighted by molar-refractivity contribution is 0.256. The number of nitrogens with zero attached hydrogens (tertiary/aromatic N) is 2. The van der Waals surface area contributed by atoms with Crippen molar-refractivity contribution in [3.63, 3.8) is 0 Å². The minimum absolute atomic E-state index is 0.182. The van der Waals surface area contributed by atoms with E-state index in [1.807, 2.05) is 24.3 Å². The molecule has 0 aliphatic heterocycles. The molecule has 0 unspecified atom stereocenters. The van der Waals surface area contributed by atoms with Crippen LogP contribution in [0.15, 0.2) is 46.4 Å². The molecule has 1 aliphatic carbocycles. The molecule has 0 spiro atoms. The Morgan fingerprint density at radius 2 is 2.21 bits per heavy atom. The number of aromatic amines is 1. The van der Waals surface area contributed by atoms with Gasteiger partial charge in [-0.15, -0.1) is 0 Å². The molecular weight excluding hydrogens is 242 g/mol. The average Bonchev–Trinajstić information content (AvgIpc) is 2.80. The molecule has 1 N–H and O–H groups in total. The molecule has 19 heavy (non-hydrogen) atoms. The van der Waals surface area contributed by atoms with E-state index in [9.17, 15) is 9.59 Å². The fourth-order valence-electron chi connectivity index (χ4n) is 2.53. The van der Waals surface area contributed by atoms with E-state index in [2.05, 4.69) is 9.98 Å². The lowest BCUT2D eigenvalue weighted by atomic mass is 9.72. The second-order valence-electron chi connectivity index (χ2n) is 4.77. The van der Waals surface area contributed by atoms with Gasteiger partial charge in [-0.25, -0.2) is 9.59 Å². The zero-order valence-electron chi connectivity index (χ0n) is 10.3. The van der Waals surface area contributed by atoms with Crippen molar-refractivity contribution in [2.45, 2.75) is 24.8 Å². The number of imidazole rings is 1. The van der Waals surface area contributed by atoms with Gasteiger partial charge in [-0.2, -0.15) is 4.99 Å². The molecule has 2 aromatic rings. The van der Waals surface area contributed by atoms with Gasteiger partial charge in [0, 0.05) is 12.4 Å². The lowest BCUT2D eigenvalue weighted by Crippen LogP contribution is -2.32. The maximum absolute atomic E-state index is 11.6. The standard InChI is InChI=1S/C14H13N3O2/c18-10-16-14(5-2-6-14)11-3-1-4-12(9-11)17-8-7-15-13(17)19/h1,3-4,7-9H,2,5-6H2,(H,15,19). The third-order valence-corrected chi connectivity index (χ3v) is 3.75. The van der Waals surface area contributed by atoms with Crippen molar-refractivity contribution in [2.24, 2.45) is 4.99 Å². The van der Waals surface area contributed by atoms with Crippen LogP contribution in [0.1, 0.15) is 24.8 Å². The lowest BCUT2D eigenvalue weighted by Gasteiger charge is -2.37. The summed E-state index contributed by atoms with van der Waals surface area (Å²) in [5, 5.41) is 0. The number of isocyanates is 1. The Bertz CT molecular complexity index is 703. The second-order valence-corrected chi connectivity index (χ2v) is 4.77. The van der Waals surface area contributed by atoms with Crippen LogP contribution >= 0.6 is 0 Å². The van der Waals surface area contributed by atoms with Crippen LogP contribution in [0.25, 0.3) is 5.69 Å². The molecule has 1 aromatic heterocycles. The van der Waals surface area contributed by atoms with Gasteiger partial charge in [-0.3, -0.25) is 4.57 Å². The highest BCUT2D eigenvalue weighted by Gasteiger charge is 2.38. The molecule has 0 radical (unpaired) electrons. The molecule has 1 fully saturated rings. The first-order valence-electron chi connectivity index (χ1n) is 6.21. The topological polar surface area (TPSA) is 67.2 Å². The number of carbonyl (C=O) groups excluding carboxylic acids is 1. The molecule has 3 rings (SSSR count). The normalized spacial score (nSPS) is 16.4. The van der Waals surface area contributed by atoms with Crippen molar-refractivity contribution in [1.29, 1.82) is 0 Å². The summed E-state index contributed by atoms with van der Waals surface area (Å²) in [6, 6.07) is 7.59. The number of aliphatic imine (C=N–C) groups is 1. The minimum atomic E-state index is -0.433. The summed E-state index contributed by atoms with van der Waals surface area (Å²) in [5.74, 6) is 0. The van der Waals surface area contributed by atoms with E-state index in [-0.39, 0.29) is 5.69 Å². The Morgan fingerprint density at radius 1 is 1.37 bits per heavy atom. The van der Waals surface area contributed by atoms with Gasteiger partial charge < -0.3 is 4.98 Å². The number of hydrogen-bond acceptors (Lipinski definition) is 3. The Morgan fingerprint density at radius 3 is 2.79 bits per heavy atom. The predicted molar refractivity (Wildman–Crippen MR) is 70.0 cm³/mol. The van der Waals surface area contributed by atoms with E-state index >= 15 is 0 Å². The van der Waals surface area contributed by atoms with Crippen molar-refractivity contribution in [3.05, 3.63) is 52.7 Å². The fourth-order valence-corrected chi connectivity index (χ4v) is 2.53. The largest absolute Gasteiger partial charge is 0.330 e. The van der Waals surface area contributed by atoms with Crippen LogP contribution in [0.5, 0.6) is 0 Å². The highest BCUT2D eigenvalue weighted by molar-refractivity contribution is 5.43. The molecule has 5 nitrogen and oxygen atoms in total. The zero-order chi connectivity index (χ0) is 13.3. The first-order chi connectivity index (χ1) is 9.25. The number of hydrogen-bond donors (Lipinski definition) is 1. The first kappa shape index (κ1) is 11.7. The van der Waals surface area contributed by atoms with Crippen molar-refractivity contribution in [2.75, 3.05) is 0 Å². The van der Waals surface area contributed by atoms with Gasteiger partial charge in [0.1, 0.15) is 0 Å². The molecule has 1 heterocycles. The average molecular weight is 255 g/mol. The van der Waals surface area contributed by atoms with E-state index in [0.717, 1.165) is 30.5 Å². The summed E-state index contributed by atoms with van der Waals surface area (Å²) in [7, 11) is 0. The molecule has 96 valence electrons. The van der Waals surface area contributed by atoms with Gasteiger partial charge in [-0.05, 0) is 37.0 Å². The van der Waals surface area contributed by atoms with Crippen LogP contribution in [0.3, 0.4) is 0 Å². The molecule has 0 amide bonds. The van der Waals surface area contributed by atoms with Gasteiger partial charge in [0.2, 0.25) is 6.08 Å². The molecule has 0 bridgehead atoms. The third-order valence-electron chi connectivity index (χ3n) is 3.75. The van der Waals surface area contributed by atoms with E-state index in [1.54, 1.807) is 18.5 Å². The Kier molecular flexibility index (Phi) is 2.69. The SMILES string of the molecule is O=C=NC1(c2cccc(-n3cc[nH]c3=O)c2)CCC1. The highest BCUT2D eigenvalue weighted by Crippen LogP contribution is 2.44. The molecular formula is C14H13N3O2. The Labute approximate surface area is 109 Å². The van der Waals surface area contributed by atoms with Crippen LogP contribution in [0.2, 0.25) is 0 Å². The highest BCUT2D eigenvalue weighted by atomic mass is 16.1. The van der Waals surface area contributed by atoms with Crippen molar-refractivity contribution in [3.8, 4) is 5.69 Å². The van der Waals surface area contributed by atoms with Crippen LogP contribution in [0.4, 0.5) is 0 Å². The van der Waals surface area contributed by atoms with Crippen molar-refractivity contribution >= 4 is 6.08 Å². The molecule has 0 atom stereocenters. The molecule has 1 aliphatic rings. The molecule has 1 saturated carbocycles.